The molecule has 0 radical (unpaired) electrons. The first-order valence-corrected chi connectivity index (χ1v) is 11.3. The summed E-state index contributed by atoms with van der Waals surface area (Å²) in [6, 6.07) is 14.6. The van der Waals surface area contributed by atoms with Crippen molar-refractivity contribution >= 4 is 27.3 Å². The molecule has 162 valence electrons. The summed E-state index contributed by atoms with van der Waals surface area (Å²) >= 11 is 0. The van der Waals surface area contributed by atoms with Crippen LogP contribution < -0.4 is 14.5 Å². The highest BCUT2D eigenvalue weighted by atomic mass is 32.2. The van der Waals surface area contributed by atoms with Crippen LogP contribution in [0.3, 0.4) is 0 Å². The lowest BCUT2D eigenvalue weighted by atomic mass is 9.86. The molecule has 0 saturated carbocycles. The molecule has 0 aliphatic carbocycles. The number of sulfonamides is 1. The molecule has 2 aromatic carbocycles. The average molecular weight is 432 g/mol. The van der Waals surface area contributed by atoms with Gasteiger partial charge < -0.3 is 4.74 Å². The maximum atomic E-state index is 12.4. The Morgan fingerprint density at radius 2 is 1.70 bits per heavy atom. The summed E-state index contributed by atoms with van der Waals surface area (Å²) < 4.78 is 30.7. The van der Waals surface area contributed by atoms with Gasteiger partial charge in [0.1, 0.15) is 12.3 Å². The Morgan fingerprint density at radius 3 is 2.23 bits per heavy atom. The van der Waals surface area contributed by atoms with E-state index >= 15 is 0 Å². The first kappa shape index (κ1) is 23.4. The number of nitrogens with zero attached hydrogens (tertiary/aromatic N) is 2. The highest BCUT2D eigenvalue weighted by Crippen LogP contribution is 2.29. The molecule has 0 aliphatic rings. The first-order chi connectivity index (χ1) is 13.9. The summed E-state index contributed by atoms with van der Waals surface area (Å²) in [6.07, 6.45) is 1.04. The van der Waals surface area contributed by atoms with Crippen molar-refractivity contribution in [2.75, 3.05) is 24.2 Å². The predicted molar refractivity (Wildman–Crippen MR) is 121 cm³/mol. The number of anilines is 1. The van der Waals surface area contributed by atoms with E-state index in [-0.39, 0.29) is 11.1 Å². The summed E-state index contributed by atoms with van der Waals surface area (Å²) in [6.45, 7) is 7.77. The molecule has 0 fully saturated rings. The van der Waals surface area contributed by atoms with Crippen molar-refractivity contribution in [3.63, 3.8) is 0 Å². The fraction of sp³-hybridized carbons (Fsp3) is 0.364. The van der Waals surface area contributed by atoms with Crippen molar-refractivity contribution < 1.29 is 17.9 Å². The molecule has 0 bridgehead atoms. The van der Waals surface area contributed by atoms with E-state index in [0.717, 1.165) is 16.1 Å². The summed E-state index contributed by atoms with van der Waals surface area (Å²) in [4.78, 5) is 12.4. The second-order valence-electron chi connectivity index (χ2n) is 8.00. The number of hydrazone groups is 1. The van der Waals surface area contributed by atoms with Crippen LogP contribution in [-0.2, 0) is 20.2 Å². The fourth-order valence-corrected chi connectivity index (χ4v) is 3.66. The van der Waals surface area contributed by atoms with Crippen molar-refractivity contribution in [1.29, 1.82) is 0 Å². The molecule has 8 heteroatoms. The minimum absolute atomic E-state index is 0.0470. The second-order valence-corrected chi connectivity index (χ2v) is 9.91. The van der Waals surface area contributed by atoms with Gasteiger partial charge >= 0.3 is 0 Å². The van der Waals surface area contributed by atoms with E-state index in [1.54, 1.807) is 31.2 Å². The number of carbonyl (C=O) groups excluding carboxylic acids is 1. The van der Waals surface area contributed by atoms with Gasteiger partial charge in [-0.25, -0.2) is 13.8 Å². The van der Waals surface area contributed by atoms with Crippen LogP contribution in [0.2, 0.25) is 0 Å². The zero-order valence-electron chi connectivity index (χ0n) is 18.3. The average Bonchev–Trinajstić information content (AvgIpc) is 2.68. The van der Waals surface area contributed by atoms with E-state index in [1.165, 1.54) is 12.7 Å². The van der Waals surface area contributed by atoms with Crippen molar-refractivity contribution in [3.8, 4) is 5.75 Å². The molecule has 2 rings (SSSR count). The maximum Gasteiger partial charge on any atom is 0.260 e. The van der Waals surface area contributed by atoms with Gasteiger partial charge in [-0.1, -0.05) is 57.2 Å². The normalized spacial score (nSPS) is 12.4. The Hall–Kier alpha value is -2.87. The predicted octanol–water partition coefficient (Wildman–Crippen LogP) is 3.30. The van der Waals surface area contributed by atoms with Gasteiger partial charge in [-0.05, 0) is 35.6 Å². The van der Waals surface area contributed by atoms with Crippen LogP contribution in [0.4, 0.5) is 5.69 Å². The second kappa shape index (κ2) is 9.30. The Balaban J connectivity index is 2.16. The van der Waals surface area contributed by atoms with Crippen molar-refractivity contribution in [1.82, 2.24) is 5.43 Å². The molecule has 0 aromatic heterocycles. The minimum atomic E-state index is -3.71. The van der Waals surface area contributed by atoms with E-state index in [0.29, 0.717) is 11.5 Å². The molecule has 0 saturated heterocycles. The molecule has 0 heterocycles. The van der Waals surface area contributed by atoms with Crippen LogP contribution in [0.1, 0.15) is 38.8 Å². The lowest BCUT2D eigenvalue weighted by molar-refractivity contribution is -0.119. The van der Waals surface area contributed by atoms with Crippen LogP contribution in [-0.4, -0.2) is 39.9 Å². The third kappa shape index (κ3) is 6.06. The Bertz CT molecular complexity index is 1020. The maximum absolute atomic E-state index is 12.4. The van der Waals surface area contributed by atoms with E-state index in [4.69, 9.17) is 4.74 Å². The molecule has 0 spiro atoms. The molecule has 0 unspecified atom stereocenters. The van der Waals surface area contributed by atoms with Gasteiger partial charge in [0.05, 0.1) is 24.8 Å². The molecule has 0 atom stereocenters. The molecule has 1 N–H and O–H groups in total. The summed E-state index contributed by atoms with van der Waals surface area (Å²) in [5.74, 6) is -0.202. The number of methoxy groups -OCH3 is 1. The van der Waals surface area contributed by atoms with Gasteiger partial charge in [-0.2, -0.15) is 5.10 Å². The molecule has 2 aromatic rings. The number of hydrogen-bond acceptors (Lipinski definition) is 5. The lowest BCUT2D eigenvalue weighted by Gasteiger charge is -2.23. The quantitative estimate of drug-likeness (QED) is 0.538. The number of amides is 1. The molecule has 30 heavy (non-hydrogen) atoms. The third-order valence-corrected chi connectivity index (χ3v) is 5.68. The van der Waals surface area contributed by atoms with Crippen LogP contribution in [0.15, 0.2) is 53.6 Å². The number of ether oxygens (including phenoxy) is 1. The Labute approximate surface area is 178 Å². The van der Waals surface area contributed by atoms with E-state index in [1.807, 2.05) is 24.3 Å². The monoisotopic (exact) mass is 431 g/mol. The molecular formula is C22H29N3O4S. The number of benzene rings is 2. The minimum Gasteiger partial charge on any atom is -0.495 e. The van der Waals surface area contributed by atoms with E-state index in [2.05, 4.69) is 31.3 Å². The molecule has 0 aliphatic heterocycles. The van der Waals surface area contributed by atoms with Crippen LogP contribution >= 0.6 is 0 Å². The number of nitrogens with one attached hydrogen (secondary N) is 1. The first-order valence-electron chi connectivity index (χ1n) is 9.48. The van der Waals surface area contributed by atoms with Crippen LogP contribution in [0.25, 0.3) is 0 Å². The van der Waals surface area contributed by atoms with Gasteiger partial charge in [-0.15, -0.1) is 0 Å². The van der Waals surface area contributed by atoms with Crippen molar-refractivity contribution in [2.24, 2.45) is 5.10 Å². The highest BCUT2D eigenvalue weighted by Gasteiger charge is 2.23. The molecule has 1 amide bonds. The van der Waals surface area contributed by atoms with Gasteiger partial charge in [0, 0.05) is 0 Å². The fourth-order valence-electron chi connectivity index (χ4n) is 2.80. The summed E-state index contributed by atoms with van der Waals surface area (Å²) in [5.41, 5.74) is 5.46. The number of para-hydroxylation sites is 2. The number of rotatable bonds is 7. The zero-order chi connectivity index (χ0) is 22.5. The SMILES string of the molecule is COc1ccccc1N(CC(=O)N/N=C(/C)c1ccc(C(C)(C)C)cc1)S(C)(=O)=O. The van der Waals surface area contributed by atoms with Crippen LogP contribution in [0, 0.1) is 0 Å². The zero-order valence-corrected chi connectivity index (χ0v) is 19.1. The van der Waals surface area contributed by atoms with Gasteiger partial charge in [0.2, 0.25) is 10.0 Å². The lowest BCUT2D eigenvalue weighted by Crippen LogP contribution is -2.39. The largest absolute Gasteiger partial charge is 0.495 e. The molecule has 7 nitrogen and oxygen atoms in total. The number of carbonyl (C=O) groups is 1. The van der Waals surface area contributed by atoms with Crippen LogP contribution in [0.5, 0.6) is 5.75 Å². The van der Waals surface area contributed by atoms with E-state index < -0.39 is 22.5 Å². The highest BCUT2D eigenvalue weighted by molar-refractivity contribution is 7.92. The van der Waals surface area contributed by atoms with Crippen molar-refractivity contribution in [2.45, 2.75) is 33.1 Å². The number of hydrogen-bond donors (Lipinski definition) is 1. The van der Waals surface area contributed by atoms with E-state index in [9.17, 15) is 13.2 Å². The molecular weight excluding hydrogens is 402 g/mol. The smallest absolute Gasteiger partial charge is 0.260 e. The summed E-state index contributed by atoms with van der Waals surface area (Å²) in [5, 5.41) is 4.12. The van der Waals surface area contributed by atoms with Gasteiger partial charge in [0.15, 0.2) is 0 Å². The topological polar surface area (TPSA) is 88.1 Å². The van der Waals surface area contributed by atoms with Crippen molar-refractivity contribution in [3.05, 3.63) is 59.7 Å². The van der Waals surface area contributed by atoms with Gasteiger partial charge in [-0.3, -0.25) is 9.10 Å². The Kier molecular flexibility index (Phi) is 7.25. The standard InChI is InChI=1S/C22H29N3O4S/c1-16(17-11-13-18(14-12-17)22(2,3)4)23-24-21(26)15-25(30(6,27)28)19-9-7-8-10-20(19)29-5/h7-14H,15H2,1-6H3,(H,24,26)/b23-16-. The van der Waals surface area contributed by atoms with Gasteiger partial charge in [0.25, 0.3) is 5.91 Å². The Morgan fingerprint density at radius 1 is 1.10 bits per heavy atom. The third-order valence-electron chi connectivity index (χ3n) is 4.56. The summed E-state index contributed by atoms with van der Waals surface area (Å²) in [7, 11) is -2.27.